The summed E-state index contributed by atoms with van der Waals surface area (Å²) in [6, 6.07) is 8.17. The first-order valence-electron chi connectivity index (χ1n) is 5.62. The second-order valence-electron chi connectivity index (χ2n) is 4.18. The van der Waals surface area contributed by atoms with E-state index >= 15 is 0 Å². The molecule has 0 radical (unpaired) electrons. The average Bonchev–Trinajstić information content (AvgIpc) is 2.37. The lowest BCUT2D eigenvalue weighted by Crippen LogP contribution is -2.15. The van der Waals surface area contributed by atoms with Crippen molar-refractivity contribution < 1.29 is 8.78 Å². The Bertz CT molecular complexity index is 584. The maximum atomic E-state index is 13.7. The van der Waals surface area contributed by atoms with Crippen molar-refractivity contribution in [1.29, 1.82) is 0 Å². The normalized spacial score (nSPS) is 12.5. The molecule has 5 heteroatoms. The Balaban J connectivity index is 2.31. The highest BCUT2D eigenvalue weighted by Gasteiger charge is 2.16. The summed E-state index contributed by atoms with van der Waals surface area (Å²) in [6.07, 6.45) is 0.202. The predicted molar refractivity (Wildman–Crippen MR) is 76.1 cm³/mol. The molecule has 0 aliphatic carbocycles. The Morgan fingerprint density at radius 3 is 2.63 bits per heavy atom. The Hall–Kier alpha value is -0.970. The maximum Gasteiger partial charge on any atom is 0.127 e. The van der Waals surface area contributed by atoms with Crippen LogP contribution in [0.1, 0.15) is 17.2 Å². The van der Waals surface area contributed by atoms with E-state index in [9.17, 15) is 8.78 Å². The zero-order chi connectivity index (χ0) is 14.0. The standard InChI is InChI=1S/C14H11BrClF2N/c15-11-5-4-8(17)6-9(11)14(19)7-10-12(16)2-1-3-13(10)18/h1-6,14H,7,19H2. The van der Waals surface area contributed by atoms with Gasteiger partial charge in [0.2, 0.25) is 0 Å². The topological polar surface area (TPSA) is 26.0 Å². The number of hydrogen-bond acceptors (Lipinski definition) is 1. The lowest BCUT2D eigenvalue weighted by atomic mass is 9.99. The third-order valence-corrected chi connectivity index (χ3v) is 3.92. The van der Waals surface area contributed by atoms with Crippen LogP contribution in [0.3, 0.4) is 0 Å². The SMILES string of the molecule is NC(Cc1c(F)cccc1Cl)c1cc(F)ccc1Br. The summed E-state index contributed by atoms with van der Waals surface area (Å²) in [6.45, 7) is 0. The molecule has 0 aromatic heterocycles. The highest BCUT2D eigenvalue weighted by atomic mass is 79.9. The molecule has 19 heavy (non-hydrogen) atoms. The van der Waals surface area contributed by atoms with Gasteiger partial charge in [0.1, 0.15) is 11.6 Å². The van der Waals surface area contributed by atoms with Gasteiger partial charge in [-0.05, 0) is 42.3 Å². The van der Waals surface area contributed by atoms with E-state index in [0.29, 0.717) is 20.6 Å². The summed E-state index contributed by atoms with van der Waals surface area (Å²) in [7, 11) is 0. The number of halogens is 4. The zero-order valence-corrected chi connectivity index (χ0v) is 12.2. The van der Waals surface area contributed by atoms with Crippen LogP contribution in [-0.4, -0.2) is 0 Å². The lowest BCUT2D eigenvalue weighted by Gasteiger charge is -2.15. The van der Waals surface area contributed by atoms with Crippen LogP contribution >= 0.6 is 27.5 Å². The third kappa shape index (κ3) is 3.32. The minimum absolute atomic E-state index is 0.202. The molecule has 0 bridgehead atoms. The van der Waals surface area contributed by atoms with Gasteiger partial charge in [0.15, 0.2) is 0 Å². The third-order valence-electron chi connectivity index (χ3n) is 2.84. The number of hydrogen-bond donors (Lipinski definition) is 1. The van der Waals surface area contributed by atoms with Crippen molar-refractivity contribution in [2.24, 2.45) is 5.73 Å². The molecule has 0 fully saturated rings. The average molecular weight is 347 g/mol. The zero-order valence-electron chi connectivity index (χ0n) is 9.84. The molecule has 0 aliphatic heterocycles. The van der Waals surface area contributed by atoms with Gasteiger partial charge in [-0.3, -0.25) is 0 Å². The molecule has 1 nitrogen and oxygen atoms in total. The molecule has 0 saturated heterocycles. The summed E-state index contributed by atoms with van der Waals surface area (Å²) in [5, 5.41) is 0.322. The van der Waals surface area contributed by atoms with Crippen LogP contribution in [0.5, 0.6) is 0 Å². The fourth-order valence-corrected chi connectivity index (χ4v) is 2.64. The van der Waals surface area contributed by atoms with Crippen LogP contribution in [0.25, 0.3) is 0 Å². The number of benzene rings is 2. The van der Waals surface area contributed by atoms with Crippen molar-refractivity contribution in [1.82, 2.24) is 0 Å². The van der Waals surface area contributed by atoms with E-state index < -0.39 is 11.9 Å². The Morgan fingerprint density at radius 2 is 1.95 bits per heavy atom. The second-order valence-corrected chi connectivity index (χ2v) is 5.44. The fourth-order valence-electron chi connectivity index (χ4n) is 1.86. The first-order chi connectivity index (χ1) is 8.99. The molecule has 0 amide bonds. The molecule has 2 aromatic rings. The van der Waals surface area contributed by atoms with Crippen molar-refractivity contribution >= 4 is 27.5 Å². The quantitative estimate of drug-likeness (QED) is 0.862. The van der Waals surface area contributed by atoms with E-state index in [1.54, 1.807) is 12.1 Å². The van der Waals surface area contributed by atoms with E-state index in [-0.39, 0.29) is 12.2 Å². The minimum atomic E-state index is -0.542. The molecule has 0 heterocycles. The molecule has 0 aliphatic rings. The van der Waals surface area contributed by atoms with Gasteiger partial charge >= 0.3 is 0 Å². The predicted octanol–water partition coefficient (Wildman–Crippen LogP) is 4.62. The van der Waals surface area contributed by atoms with E-state index in [0.717, 1.165) is 0 Å². The number of nitrogens with two attached hydrogens (primary N) is 1. The van der Waals surface area contributed by atoms with Crippen molar-refractivity contribution in [2.75, 3.05) is 0 Å². The van der Waals surface area contributed by atoms with Gasteiger partial charge in [-0.2, -0.15) is 0 Å². The summed E-state index contributed by atoms with van der Waals surface area (Å²) >= 11 is 9.26. The van der Waals surface area contributed by atoms with E-state index in [1.165, 1.54) is 24.3 Å². The summed E-state index contributed by atoms with van der Waals surface area (Å²) in [5.74, 6) is -0.788. The Labute approximate surface area is 123 Å². The van der Waals surface area contributed by atoms with Crippen LogP contribution in [0.2, 0.25) is 5.02 Å². The van der Waals surface area contributed by atoms with Crippen LogP contribution in [0.4, 0.5) is 8.78 Å². The summed E-state index contributed by atoms with van der Waals surface area (Å²) in [4.78, 5) is 0. The van der Waals surface area contributed by atoms with Crippen molar-refractivity contribution in [2.45, 2.75) is 12.5 Å². The second kappa shape index (κ2) is 5.99. The lowest BCUT2D eigenvalue weighted by molar-refractivity contribution is 0.588. The minimum Gasteiger partial charge on any atom is -0.324 e. The van der Waals surface area contributed by atoms with Gasteiger partial charge in [-0.25, -0.2) is 8.78 Å². The highest BCUT2D eigenvalue weighted by Crippen LogP contribution is 2.28. The Kier molecular flexibility index (Phi) is 4.55. The van der Waals surface area contributed by atoms with Gasteiger partial charge in [0, 0.05) is 21.1 Å². The molecule has 0 saturated carbocycles. The molecular formula is C14H11BrClF2N. The Morgan fingerprint density at radius 1 is 1.21 bits per heavy atom. The van der Waals surface area contributed by atoms with Crippen LogP contribution in [-0.2, 0) is 6.42 Å². The number of rotatable bonds is 3. The molecule has 2 N–H and O–H groups in total. The molecule has 2 aromatic carbocycles. The molecule has 1 unspecified atom stereocenters. The largest absolute Gasteiger partial charge is 0.324 e. The van der Waals surface area contributed by atoms with Crippen molar-refractivity contribution in [3.63, 3.8) is 0 Å². The van der Waals surface area contributed by atoms with Crippen LogP contribution in [0, 0.1) is 11.6 Å². The first kappa shape index (κ1) is 14.4. The molecule has 2 rings (SSSR count). The van der Waals surface area contributed by atoms with Crippen LogP contribution < -0.4 is 5.73 Å². The van der Waals surface area contributed by atoms with Gasteiger partial charge < -0.3 is 5.73 Å². The smallest absolute Gasteiger partial charge is 0.127 e. The van der Waals surface area contributed by atoms with Gasteiger partial charge in [-0.1, -0.05) is 33.6 Å². The van der Waals surface area contributed by atoms with E-state index in [2.05, 4.69) is 15.9 Å². The van der Waals surface area contributed by atoms with Crippen LogP contribution in [0.15, 0.2) is 40.9 Å². The fraction of sp³-hybridized carbons (Fsp3) is 0.143. The van der Waals surface area contributed by atoms with E-state index in [1.807, 2.05) is 0 Å². The van der Waals surface area contributed by atoms with Gasteiger partial charge in [-0.15, -0.1) is 0 Å². The van der Waals surface area contributed by atoms with Crippen molar-refractivity contribution in [3.05, 3.63) is 68.7 Å². The summed E-state index contributed by atoms with van der Waals surface area (Å²) < 4.78 is 27.6. The highest BCUT2D eigenvalue weighted by molar-refractivity contribution is 9.10. The molecule has 1 atom stereocenters. The maximum absolute atomic E-state index is 13.7. The summed E-state index contributed by atoms with van der Waals surface area (Å²) in [5.41, 5.74) is 6.94. The molecular weight excluding hydrogens is 336 g/mol. The van der Waals surface area contributed by atoms with Gasteiger partial charge in [0.25, 0.3) is 0 Å². The van der Waals surface area contributed by atoms with Crippen molar-refractivity contribution in [3.8, 4) is 0 Å². The molecule has 0 spiro atoms. The monoisotopic (exact) mass is 345 g/mol. The first-order valence-corrected chi connectivity index (χ1v) is 6.79. The van der Waals surface area contributed by atoms with E-state index in [4.69, 9.17) is 17.3 Å². The van der Waals surface area contributed by atoms with Gasteiger partial charge in [0.05, 0.1) is 0 Å². The molecule has 100 valence electrons.